The Morgan fingerprint density at radius 3 is 2.52 bits per heavy atom. The van der Waals surface area contributed by atoms with Crippen molar-refractivity contribution in [2.24, 2.45) is 5.92 Å². The largest absolute Gasteiger partial charge is 0.495 e. The maximum Gasteiger partial charge on any atom is 0.251 e. The molecule has 1 saturated carbocycles. The van der Waals surface area contributed by atoms with Gasteiger partial charge in [-0.2, -0.15) is 10.2 Å². The highest BCUT2D eigenvalue weighted by Crippen LogP contribution is 2.42. The number of aromatic nitrogens is 4. The molecule has 3 aromatic rings. The Morgan fingerprint density at radius 2 is 1.85 bits per heavy atom. The predicted octanol–water partition coefficient (Wildman–Crippen LogP) is 5.03. The van der Waals surface area contributed by atoms with Crippen molar-refractivity contribution in [2.75, 3.05) is 50.1 Å². The van der Waals surface area contributed by atoms with E-state index in [4.69, 9.17) is 9.72 Å². The van der Waals surface area contributed by atoms with Crippen molar-refractivity contribution in [3.8, 4) is 17.5 Å². The van der Waals surface area contributed by atoms with E-state index in [2.05, 4.69) is 62.1 Å². The molecule has 3 aliphatic heterocycles. The van der Waals surface area contributed by atoms with Gasteiger partial charge in [-0.1, -0.05) is 6.92 Å². The third-order valence-corrected chi connectivity index (χ3v) is 10.6. The van der Waals surface area contributed by atoms with Gasteiger partial charge >= 0.3 is 0 Å². The molecule has 254 valence electrons. The standard InChI is InChI=1S/C36H48N10O2/c1-5-30-33-29(19-37)39-22-45(33)31-20-38-36(42-34(31)46(30)23(2)3)41-28-9-8-25(18-32(28)48-4)35(47)40-26-10-16-44(17-11-26)27-12-14-43(15-13-27)21-24-6-7-24/h8-9,18,20,22-24,26-27,30H,5-7,10-17,21H2,1-4H3,(H,40,47)(H,38,41,42). The third kappa shape index (κ3) is 6.45. The zero-order chi connectivity index (χ0) is 33.4. The first-order chi connectivity index (χ1) is 23.4. The van der Waals surface area contributed by atoms with Gasteiger partial charge in [0, 0.05) is 43.3 Å². The Kier molecular flexibility index (Phi) is 9.25. The number of nitrogens with one attached hydrogen (secondary N) is 2. The van der Waals surface area contributed by atoms with Crippen LogP contribution in [0.5, 0.6) is 5.75 Å². The second-order valence-corrected chi connectivity index (χ2v) is 14.1. The topological polar surface area (TPSA) is 127 Å². The Hall–Kier alpha value is -4.21. The number of nitrogens with zero attached hydrogens (tertiary/aromatic N) is 8. The molecule has 2 saturated heterocycles. The number of likely N-dealkylation sites (tertiary alicyclic amines) is 2. The van der Waals surface area contributed by atoms with Crippen molar-refractivity contribution in [3.63, 3.8) is 0 Å². The van der Waals surface area contributed by atoms with E-state index < -0.39 is 0 Å². The number of rotatable bonds is 10. The van der Waals surface area contributed by atoms with Gasteiger partial charge in [0.1, 0.15) is 23.8 Å². The molecule has 5 heterocycles. The normalized spacial score (nSPS) is 20.7. The molecular weight excluding hydrogens is 604 g/mol. The highest BCUT2D eigenvalue weighted by molar-refractivity contribution is 5.95. The minimum absolute atomic E-state index is 0.0493. The van der Waals surface area contributed by atoms with Crippen LogP contribution in [0.3, 0.4) is 0 Å². The number of imidazole rings is 1. The Bertz CT molecular complexity index is 1660. The van der Waals surface area contributed by atoms with Gasteiger partial charge in [-0.15, -0.1) is 0 Å². The smallest absolute Gasteiger partial charge is 0.251 e. The van der Waals surface area contributed by atoms with Crippen molar-refractivity contribution >= 4 is 23.4 Å². The first-order valence-corrected chi connectivity index (χ1v) is 17.7. The summed E-state index contributed by atoms with van der Waals surface area (Å²) in [6, 6.07) is 8.61. The van der Waals surface area contributed by atoms with Crippen LogP contribution in [0.2, 0.25) is 0 Å². The van der Waals surface area contributed by atoms with Crippen LogP contribution in [0.4, 0.5) is 17.5 Å². The van der Waals surface area contributed by atoms with Crippen molar-refractivity contribution in [2.45, 2.75) is 89.9 Å². The first-order valence-electron chi connectivity index (χ1n) is 17.7. The van der Waals surface area contributed by atoms with E-state index in [1.165, 1.54) is 45.3 Å². The van der Waals surface area contributed by atoms with E-state index in [1.807, 2.05) is 16.7 Å². The summed E-state index contributed by atoms with van der Waals surface area (Å²) in [6.07, 6.45) is 11.6. The minimum Gasteiger partial charge on any atom is -0.495 e. The molecule has 1 aromatic carbocycles. The molecular formula is C36H48N10O2. The second kappa shape index (κ2) is 13.7. The van der Waals surface area contributed by atoms with Crippen LogP contribution < -0.4 is 20.3 Å². The van der Waals surface area contributed by atoms with Crippen LogP contribution in [-0.2, 0) is 0 Å². The van der Waals surface area contributed by atoms with E-state index in [-0.39, 0.29) is 24.0 Å². The number of carbonyl (C=O) groups is 1. The number of piperidine rings is 2. The summed E-state index contributed by atoms with van der Waals surface area (Å²) in [5.41, 5.74) is 3.30. The van der Waals surface area contributed by atoms with E-state index in [1.54, 1.807) is 25.7 Å². The van der Waals surface area contributed by atoms with Crippen LogP contribution in [-0.4, -0.2) is 93.2 Å². The van der Waals surface area contributed by atoms with Gasteiger partial charge in [0.15, 0.2) is 11.5 Å². The summed E-state index contributed by atoms with van der Waals surface area (Å²) in [5.74, 6) is 2.60. The Balaban J connectivity index is 0.992. The quantitative estimate of drug-likeness (QED) is 0.308. The van der Waals surface area contributed by atoms with Crippen molar-refractivity contribution in [3.05, 3.63) is 47.7 Å². The molecule has 1 amide bonds. The van der Waals surface area contributed by atoms with Gasteiger partial charge in [-0.3, -0.25) is 9.36 Å². The van der Waals surface area contributed by atoms with Crippen LogP contribution in [0.25, 0.3) is 5.69 Å². The van der Waals surface area contributed by atoms with E-state index >= 15 is 0 Å². The number of nitriles is 1. The highest BCUT2D eigenvalue weighted by Gasteiger charge is 2.36. The van der Waals surface area contributed by atoms with Crippen LogP contribution in [0.15, 0.2) is 30.7 Å². The number of hydrogen-bond donors (Lipinski definition) is 2. The number of methoxy groups -OCH3 is 1. The van der Waals surface area contributed by atoms with E-state index in [9.17, 15) is 10.1 Å². The summed E-state index contributed by atoms with van der Waals surface area (Å²) < 4.78 is 7.65. The lowest BCUT2D eigenvalue weighted by molar-refractivity contribution is 0.0755. The molecule has 48 heavy (non-hydrogen) atoms. The zero-order valence-electron chi connectivity index (χ0n) is 28.7. The van der Waals surface area contributed by atoms with Crippen LogP contribution >= 0.6 is 0 Å². The molecule has 0 bridgehead atoms. The van der Waals surface area contributed by atoms with Gasteiger partial charge < -0.3 is 30.1 Å². The molecule has 4 aliphatic rings. The maximum absolute atomic E-state index is 13.3. The lowest BCUT2D eigenvalue weighted by Crippen LogP contribution is -2.51. The number of fused-ring (bicyclic) bond motifs is 3. The minimum atomic E-state index is -0.0808. The zero-order valence-corrected chi connectivity index (χ0v) is 28.7. The lowest BCUT2D eigenvalue weighted by Gasteiger charge is -2.42. The van der Waals surface area contributed by atoms with Gasteiger partial charge in [-0.25, -0.2) is 9.97 Å². The molecule has 3 fully saturated rings. The summed E-state index contributed by atoms with van der Waals surface area (Å²) >= 11 is 0. The molecule has 1 atom stereocenters. The highest BCUT2D eigenvalue weighted by atomic mass is 16.5. The molecule has 0 radical (unpaired) electrons. The molecule has 12 heteroatoms. The van der Waals surface area contributed by atoms with Crippen molar-refractivity contribution in [1.82, 2.24) is 34.6 Å². The fraction of sp³-hybridized carbons (Fsp3) is 0.583. The fourth-order valence-electron chi connectivity index (χ4n) is 7.88. The van der Waals surface area contributed by atoms with Gasteiger partial charge in [0.05, 0.1) is 30.7 Å². The predicted molar refractivity (Wildman–Crippen MR) is 185 cm³/mol. The Labute approximate surface area is 283 Å². The number of anilines is 3. The Morgan fingerprint density at radius 1 is 1.08 bits per heavy atom. The average Bonchev–Trinajstić information content (AvgIpc) is 3.82. The van der Waals surface area contributed by atoms with E-state index in [0.29, 0.717) is 34.7 Å². The number of carbonyl (C=O) groups excluding carboxylic acids is 1. The van der Waals surface area contributed by atoms with Crippen LogP contribution in [0, 0.1) is 17.2 Å². The maximum atomic E-state index is 13.3. The summed E-state index contributed by atoms with van der Waals surface area (Å²) in [6.45, 7) is 12.2. The van der Waals surface area contributed by atoms with Gasteiger partial charge in [0.2, 0.25) is 5.95 Å². The average molecular weight is 653 g/mol. The molecule has 12 nitrogen and oxygen atoms in total. The lowest BCUT2D eigenvalue weighted by atomic mass is 9.97. The van der Waals surface area contributed by atoms with Crippen molar-refractivity contribution < 1.29 is 9.53 Å². The molecule has 1 unspecified atom stereocenters. The number of benzene rings is 1. The van der Waals surface area contributed by atoms with E-state index in [0.717, 1.165) is 55.5 Å². The molecule has 2 N–H and O–H groups in total. The summed E-state index contributed by atoms with van der Waals surface area (Å²) in [4.78, 5) is 34.8. The fourth-order valence-corrected chi connectivity index (χ4v) is 7.88. The second-order valence-electron chi connectivity index (χ2n) is 14.1. The SMILES string of the molecule is CCC1c2c(C#N)ncn2-c2cnc(Nc3ccc(C(=O)NC4CCN(C5CCN(CC6CC6)CC5)CC4)cc3OC)nc2N1C(C)C. The molecule has 1 aliphatic carbocycles. The number of amides is 1. The monoisotopic (exact) mass is 652 g/mol. The van der Waals surface area contributed by atoms with Crippen molar-refractivity contribution in [1.29, 1.82) is 5.26 Å². The third-order valence-electron chi connectivity index (χ3n) is 10.6. The number of ether oxygens (including phenoxy) is 1. The van der Waals surface area contributed by atoms with Crippen LogP contribution in [0.1, 0.15) is 93.5 Å². The molecule has 7 rings (SSSR count). The first kappa shape index (κ1) is 32.3. The summed E-state index contributed by atoms with van der Waals surface area (Å²) in [7, 11) is 1.60. The molecule has 2 aromatic heterocycles. The number of hydrogen-bond acceptors (Lipinski definition) is 10. The van der Waals surface area contributed by atoms with Gasteiger partial charge in [-0.05, 0) is 96.0 Å². The van der Waals surface area contributed by atoms with Gasteiger partial charge in [0.25, 0.3) is 5.91 Å². The molecule has 0 spiro atoms. The summed E-state index contributed by atoms with van der Waals surface area (Å²) in [5, 5.41) is 16.3.